The zero-order valence-electron chi connectivity index (χ0n) is 10.6. The van der Waals surface area contributed by atoms with E-state index >= 15 is 0 Å². The molecule has 0 fully saturated rings. The molecule has 0 N–H and O–H groups in total. The Kier molecular flexibility index (Phi) is 5.13. The molecular formula is C13H13BrN2OS2. The maximum atomic E-state index is 12.3. The van der Waals surface area contributed by atoms with E-state index in [1.54, 1.807) is 0 Å². The number of halogens is 1. The average Bonchev–Trinajstić information content (AvgIpc) is 2.86. The Bertz CT molecular complexity index is 568. The molecule has 0 aliphatic rings. The quantitative estimate of drug-likeness (QED) is 0.593. The van der Waals surface area contributed by atoms with E-state index in [4.69, 9.17) is 0 Å². The van der Waals surface area contributed by atoms with E-state index in [-0.39, 0.29) is 11.0 Å². The summed E-state index contributed by atoms with van der Waals surface area (Å²) in [5, 5.41) is -0.154. The molecule has 0 saturated carbocycles. The van der Waals surface area contributed by atoms with Crippen LogP contribution in [-0.2, 0) is 6.42 Å². The van der Waals surface area contributed by atoms with Crippen LogP contribution in [0.15, 0.2) is 33.1 Å². The van der Waals surface area contributed by atoms with Crippen LogP contribution in [0.3, 0.4) is 0 Å². The number of Topliss-reactive ketones (excluding diaryl/α,β-unsaturated/α-hetero) is 1. The third kappa shape index (κ3) is 3.87. The van der Waals surface area contributed by atoms with Gasteiger partial charge >= 0.3 is 0 Å². The van der Waals surface area contributed by atoms with Crippen molar-refractivity contribution in [2.45, 2.75) is 29.9 Å². The molecule has 2 aromatic rings. The Hall–Kier alpha value is -0.720. The van der Waals surface area contributed by atoms with Crippen LogP contribution in [0.2, 0.25) is 0 Å². The second-order valence-electron chi connectivity index (χ2n) is 3.96. The number of aryl methyl sites for hydroxylation is 1. The Morgan fingerprint density at radius 2 is 2.11 bits per heavy atom. The first-order valence-electron chi connectivity index (χ1n) is 5.89. The van der Waals surface area contributed by atoms with Crippen LogP contribution in [0.5, 0.6) is 0 Å². The molecule has 3 nitrogen and oxygen atoms in total. The first-order chi connectivity index (χ1) is 9.10. The predicted octanol–water partition coefficient (Wildman–Crippen LogP) is 4.23. The summed E-state index contributed by atoms with van der Waals surface area (Å²) < 4.78 is 6.05. The molecule has 6 heteroatoms. The molecule has 1 unspecified atom stereocenters. The van der Waals surface area contributed by atoms with Crippen molar-refractivity contribution in [1.29, 1.82) is 0 Å². The van der Waals surface area contributed by atoms with Crippen LogP contribution in [0.1, 0.15) is 30.0 Å². The lowest BCUT2D eigenvalue weighted by Crippen LogP contribution is -2.13. The zero-order valence-corrected chi connectivity index (χ0v) is 13.8. The topological polar surface area (TPSA) is 42.9 Å². The summed E-state index contributed by atoms with van der Waals surface area (Å²) in [5.41, 5.74) is 0.725. The molecule has 1 aromatic heterocycles. The van der Waals surface area contributed by atoms with E-state index in [2.05, 4.69) is 25.3 Å². The highest BCUT2D eigenvalue weighted by Gasteiger charge is 2.18. The van der Waals surface area contributed by atoms with Gasteiger partial charge in [0.2, 0.25) is 0 Å². The summed E-state index contributed by atoms with van der Waals surface area (Å²) in [6.07, 6.45) is 0.825. The van der Waals surface area contributed by atoms with Crippen LogP contribution in [0.25, 0.3) is 0 Å². The van der Waals surface area contributed by atoms with Crippen LogP contribution < -0.4 is 0 Å². The molecule has 2 rings (SSSR count). The van der Waals surface area contributed by atoms with Gasteiger partial charge in [-0.2, -0.15) is 4.37 Å². The van der Waals surface area contributed by atoms with Crippen molar-refractivity contribution >= 4 is 45.0 Å². The average molecular weight is 357 g/mol. The van der Waals surface area contributed by atoms with E-state index in [0.29, 0.717) is 0 Å². The number of benzene rings is 1. The lowest BCUT2D eigenvalue weighted by molar-refractivity contribution is 0.0994. The van der Waals surface area contributed by atoms with Crippen LogP contribution in [-0.4, -0.2) is 20.4 Å². The minimum atomic E-state index is -0.154. The number of ketones is 1. The fraction of sp³-hybridized carbons (Fsp3) is 0.308. The largest absolute Gasteiger partial charge is 0.293 e. The Morgan fingerprint density at radius 3 is 2.68 bits per heavy atom. The van der Waals surface area contributed by atoms with Crippen molar-refractivity contribution in [3.8, 4) is 0 Å². The number of rotatable bonds is 5. The van der Waals surface area contributed by atoms with Gasteiger partial charge in [0.05, 0.1) is 5.25 Å². The number of thioether (sulfide) groups is 1. The normalized spacial score (nSPS) is 12.4. The molecule has 0 amide bonds. The zero-order chi connectivity index (χ0) is 13.8. The van der Waals surface area contributed by atoms with Gasteiger partial charge in [0.25, 0.3) is 0 Å². The molecule has 1 atom stereocenters. The summed E-state index contributed by atoms with van der Waals surface area (Å²) in [6, 6.07) is 7.43. The lowest BCUT2D eigenvalue weighted by Gasteiger charge is -2.07. The first-order valence-corrected chi connectivity index (χ1v) is 8.33. The van der Waals surface area contributed by atoms with E-state index in [1.165, 1.54) is 23.3 Å². The summed E-state index contributed by atoms with van der Waals surface area (Å²) in [4.78, 5) is 16.6. The van der Waals surface area contributed by atoms with Gasteiger partial charge < -0.3 is 0 Å². The van der Waals surface area contributed by atoms with Gasteiger partial charge in [-0.25, -0.2) is 4.98 Å². The third-order valence-corrected chi connectivity index (χ3v) is 4.99. The summed E-state index contributed by atoms with van der Waals surface area (Å²) in [5.74, 6) is 0.960. The van der Waals surface area contributed by atoms with Gasteiger partial charge in [-0.15, -0.1) is 0 Å². The maximum absolute atomic E-state index is 12.3. The van der Waals surface area contributed by atoms with Crippen molar-refractivity contribution in [3.63, 3.8) is 0 Å². The molecule has 1 aromatic carbocycles. The number of carbonyl (C=O) groups is 1. The van der Waals surface area contributed by atoms with Crippen LogP contribution >= 0.6 is 39.2 Å². The number of hydrogen-bond acceptors (Lipinski definition) is 5. The Morgan fingerprint density at radius 1 is 1.42 bits per heavy atom. The van der Waals surface area contributed by atoms with E-state index in [1.807, 2.05) is 38.1 Å². The number of hydrogen-bond donors (Lipinski definition) is 0. The van der Waals surface area contributed by atoms with E-state index in [9.17, 15) is 4.79 Å². The van der Waals surface area contributed by atoms with Crippen LogP contribution in [0.4, 0.5) is 0 Å². The van der Waals surface area contributed by atoms with Gasteiger partial charge in [-0.05, 0) is 30.6 Å². The molecule has 0 saturated heterocycles. The molecule has 19 heavy (non-hydrogen) atoms. The Balaban J connectivity index is 2.04. The van der Waals surface area contributed by atoms with Gasteiger partial charge in [-0.1, -0.05) is 46.7 Å². The maximum Gasteiger partial charge on any atom is 0.175 e. The molecule has 100 valence electrons. The fourth-order valence-corrected chi connectivity index (χ4v) is 3.67. The van der Waals surface area contributed by atoms with E-state index < -0.39 is 0 Å². The van der Waals surface area contributed by atoms with Crippen molar-refractivity contribution in [2.24, 2.45) is 0 Å². The number of aromatic nitrogens is 2. The molecule has 1 heterocycles. The minimum Gasteiger partial charge on any atom is -0.293 e. The van der Waals surface area contributed by atoms with E-state index in [0.717, 1.165) is 26.6 Å². The number of carbonyl (C=O) groups excluding carboxylic acids is 1. The SMILES string of the molecule is CCc1nsc(SC(C)C(=O)c2ccc(Br)cc2)n1. The molecule has 0 bridgehead atoms. The van der Waals surface area contributed by atoms with Crippen molar-refractivity contribution in [3.05, 3.63) is 40.1 Å². The molecule has 0 radical (unpaired) electrons. The van der Waals surface area contributed by atoms with Gasteiger partial charge in [0.15, 0.2) is 10.1 Å². The lowest BCUT2D eigenvalue weighted by atomic mass is 10.1. The second kappa shape index (κ2) is 6.63. The van der Waals surface area contributed by atoms with Crippen molar-refractivity contribution < 1.29 is 4.79 Å². The Labute approximate surface area is 129 Å². The standard InChI is InChI=1S/C13H13BrN2OS2/c1-3-11-15-13(19-16-11)18-8(2)12(17)9-4-6-10(14)7-5-9/h4-8H,3H2,1-2H3. The van der Waals surface area contributed by atoms with Gasteiger partial charge in [0.1, 0.15) is 5.82 Å². The highest BCUT2D eigenvalue weighted by Crippen LogP contribution is 2.27. The summed E-state index contributed by atoms with van der Waals surface area (Å²) in [7, 11) is 0. The first kappa shape index (κ1) is 14.7. The highest BCUT2D eigenvalue weighted by atomic mass is 79.9. The smallest absolute Gasteiger partial charge is 0.175 e. The molecule has 0 aliphatic heterocycles. The van der Waals surface area contributed by atoms with Crippen molar-refractivity contribution in [2.75, 3.05) is 0 Å². The fourth-order valence-electron chi connectivity index (χ4n) is 1.48. The predicted molar refractivity (Wildman–Crippen MR) is 83.1 cm³/mol. The highest BCUT2D eigenvalue weighted by molar-refractivity contribution is 9.10. The minimum absolute atomic E-state index is 0.116. The van der Waals surface area contributed by atoms with Crippen LogP contribution in [0, 0.1) is 0 Å². The molecule has 0 aliphatic carbocycles. The molecular weight excluding hydrogens is 344 g/mol. The second-order valence-corrected chi connectivity index (χ2v) is 7.22. The van der Waals surface area contributed by atoms with Crippen molar-refractivity contribution in [1.82, 2.24) is 9.36 Å². The third-order valence-electron chi connectivity index (χ3n) is 2.54. The van der Waals surface area contributed by atoms with Gasteiger partial charge in [-0.3, -0.25) is 4.79 Å². The summed E-state index contributed by atoms with van der Waals surface area (Å²) in [6.45, 7) is 3.93. The summed E-state index contributed by atoms with van der Waals surface area (Å²) >= 11 is 6.19. The monoisotopic (exact) mass is 356 g/mol. The van der Waals surface area contributed by atoms with Gasteiger partial charge in [0, 0.05) is 16.5 Å². The molecule has 0 spiro atoms. The number of nitrogens with zero attached hydrogens (tertiary/aromatic N) is 2.